The minimum absolute atomic E-state index is 0.731. The van der Waals surface area contributed by atoms with Crippen LogP contribution in [-0.2, 0) is 0 Å². The van der Waals surface area contributed by atoms with Crippen LogP contribution < -0.4 is 5.32 Å². The standard InChI is InChI=1S/C15H32N2/c1-5-10-17(11-6-2)15-12-13(4)8-9-14(15)16-7-3/h13-16H,5-12H2,1-4H3. The lowest BCUT2D eigenvalue weighted by Crippen LogP contribution is -2.53. The van der Waals surface area contributed by atoms with E-state index in [1.165, 1.54) is 45.2 Å². The van der Waals surface area contributed by atoms with E-state index in [-0.39, 0.29) is 0 Å². The van der Waals surface area contributed by atoms with E-state index in [9.17, 15) is 0 Å². The van der Waals surface area contributed by atoms with Crippen molar-refractivity contribution < 1.29 is 0 Å². The summed E-state index contributed by atoms with van der Waals surface area (Å²) in [6.07, 6.45) is 6.72. The molecule has 0 heterocycles. The molecule has 0 saturated heterocycles. The van der Waals surface area contributed by atoms with Crippen molar-refractivity contribution >= 4 is 0 Å². The summed E-state index contributed by atoms with van der Waals surface area (Å²) >= 11 is 0. The molecule has 17 heavy (non-hydrogen) atoms. The molecule has 1 N–H and O–H groups in total. The molecule has 0 amide bonds. The van der Waals surface area contributed by atoms with Crippen molar-refractivity contribution in [2.75, 3.05) is 19.6 Å². The summed E-state index contributed by atoms with van der Waals surface area (Å²) < 4.78 is 0. The van der Waals surface area contributed by atoms with Gasteiger partial charge >= 0.3 is 0 Å². The van der Waals surface area contributed by atoms with Crippen LogP contribution in [0.4, 0.5) is 0 Å². The number of nitrogens with zero attached hydrogens (tertiary/aromatic N) is 1. The average Bonchev–Trinajstić information content (AvgIpc) is 2.31. The summed E-state index contributed by atoms with van der Waals surface area (Å²) in [6, 6.07) is 1.51. The zero-order valence-electron chi connectivity index (χ0n) is 12.3. The minimum Gasteiger partial charge on any atom is -0.313 e. The van der Waals surface area contributed by atoms with Crippen molar-refractivity contribution in [1.82, 2.24) is 10.2 Å². The molecule has 0 aromatic carbocycles. The third-order valence-corrected chi connectivity index (χ3v) is 4.04. The van der Waals surface area contributed by atoms with Gasteiger partial charge < -0.3 is 5.32 Å². The Labute approximate surface area is 108 Å². The molecule has 1 fully saturated rings. The van der Waals surface area contributed by atoms with Gasteiger partial charge in [-0.3, -0.25) is 4.90 Å². The van der Waals surface area contributed by atoms with Gasteiger partial charge in [-0.2, -0.15) is 0 Å². The molecule has 0 aromatic rings. The first-order valence-electron chi connectivity index (χ1n) is 7.70. The van der Waals surface area contributed by atoms with Crippen LogP contribution in [0.3, 0.4) is 0 Å². The van der Waals surface area contributed by atoms with Gasteiger partial charge in [0, 0.05) is 12.1 Å². The zero-order valence-corrected chi connectivity index (χ0v) is 12.3. The fourth-order valence-electron chi connectivity index (χ4n) is 3.27. The summed E-state index contributed by atoms with van der Waals surface area (Å²) in [5.41, 5.74) is 0. The third-order valence-electron chi connectivity index (χ3n) is 4.04. The van der Waals surface area contributed by atoms with Gasteiger partial charge in [-0.05, 0) is 57.7 Å². The maximum Gasteiger partial charge on any atom is 0.0251 e. The van der Waals surface area contributed by atoms with Gasteiger partial charge in [-0.25, -0.2) is 0 Å². The number of rotatable bonds is 7. The van der Waals surface area contributed by atoms with Crippen LogP contribution >= 0.6 is 0 Å². The molecule has 2 nitrogen and oxygen atoms in total. The second-order valence-electron chi connectivity index (χ2n) is 5.69. The molecule has 0 radical (unpaired) electrons. The first-order valence-corrected chi connectivity index (χ1v) is 7.70. The highest BCUT2D eigenvalue weighted by molar-refractivity contribution is 4.90. The molecule has 1 aliphatic rings. The van der Waals surface area contributed by atoms with Crippen LogP contribution in [0.1, 0.15) is 59.8 Å². The van der Waals surface area contributed by atoms with Gasteiger partial charge in [-0.15, -0.1) is 0 Å². The fourth-order valence-corrected chi connectivity index (χ4v) is 3.27. The second kappa shape index (κ2) is 8.10. The van der Waals surface area contributed by atoms with E-state index in [0.29, 0.717) is 0 Å². The molecule has 2 heteroatoms. The van der Waals surface area contributed by atoms with Crippen LogP contribution in [0.5, 0.6) is 0 Å². The predicted molar refractivity (Wildman–Crippen MR) is 76.4 cm³/mol. The average molecular weight is 240 g/mol. The summed E-state index contributed by atoms with van der Waals surface area (Å²) in [5.74, 6) is 0.908. The predicted octanol–water partition coefficient (Wildman–Crippen LogP) is 3.28. The Morgan fingerprint density at radius 2 is 1.71 bits per heavy atom. The quantitative estimate of drug-likeness (QED) is 0.735. The monoisotopic (exact) mass is 240 g/mol. The highest BCUT2D eigenvalue weighted by atomic mass is 15.2. The number of nitrogens with one attached hydrogen (secondary N) is 1. The Morgan fingerprint density at radius 1 is 1.06 bits per heavy atom. The summed E-state index contributed by atoms with van der Waals surface area (Å²) in [4.78, 5) is 2.74. The molecule has 0 bridgehead atoms. The van der Waals surface area contributed by atoms with E-state index in [2.05, 4.69) is 37.9 Å². The fraction of sp³-hybridized carbons (Fsp3) is 1.00. The van der Waals surface area contributed by atoms with Crippen molar-refractivity contribution in [2.45, 2.75) is 71.9 Å². The third kappa shape index (κ3) is 4.59. The van der Waals surface area contributed by atoms with E-state index >= 15 is 0 Å². The lowest BCUT2D eigenvalue weighted by Gasteiger charge is -2.42. The first kappa shape index (κ1) is 15.0. The van der Waals surface area contributed by atoms with Gasteiger partial charge in [0.25, 0.3) is 0 Å². The van der Waals surface area contributed by atoms with Crippen LogP contribution in [-0.4, -0.2) is 36.6 Å². The van der Waals surface area contributed by atoms with Crippen molar-refractivity contribution in [2.24, 2.45) is 5.92 Å². The largest absolute Gasteiger partial charge is 0.313 e. The van der Waals surface area contributed by atoms with E-state index in [1.807, 2.05) is 0 Å². The highest BCUT2D eigenvalue weighted by Gasteiger charge is 2.31. The van der Waals surface area contributed by atoms with Crippen molar-refractivity contribution in [3.05, 3.63) is 0 Å². The Bertz CT molecular complexity index is 187. The van der Waals surface area contributed by atoms with Gasteiger partial charge in [0.05, 0.1) is 0 Å². The van der Waals surface area contributed by atoms with E-state index < -0.39 is 0 Å². The molecule has 3 atom stereocenters. The van der Waals surface area contributed by atoms with Gasteiger partial charge in [0.2, 0.25) is 0 Å². The molecular weight excluding hydrogens is 208 g/mol. The van der Waals surface area contributed by atoms with E-state index in [1.54, 1.807) is 0 Å². The van der Waals surface area contributed by atoms with Gasteiger partial charge in [-0.1, -0.05) is 27.7 Å². The van der Waals surface area contributed by atoms with Crippen molar-refractivity contribution in [3.8, 4) is 0 Å². The van der Waals surface area contributed by atoms with Crippen LogP contribution in [0.25, 0.3) is 0 Å². The molecule has 1 aliphatic carbocycles. The van der Waals surface area contributed by atoms with E-state index in [4.69, 9.17) is 0 Å². The van der Waals surface area contributed by atoms with Crippen molar-refractivity contribution in [3.63, 3.8) is 0 Å². The normalized spacial score (nSPS) is 29.8. The minimum atomic E-state index is 0.731. The Hall–Kier alpha value is -0.0800. The Kier molecular flexibility index (Phi) is 7.14. The van der Waals surface area contributed by atoms with Crippen LogP contribution in [0, 0.1) is 5.92 Å². The molecule has 102 valence electrons. The molecule has 0 spiro atoms. The number of hydrogen-bond acceptors (Lipinski definition) is 2. The molecule has 0 aromatic heterocycles. The first-order chi connectivity index (χ1) is 8.22. The van der Waals surface area contributed by atoms with Crippen LogP contribution in [0.2, 0.25) is 0 Å². The zero-order chi connectivity index (χ0) is 12.7. The molecule has 1 saturated carbocycles. The topological polar surface area (TPSA) is 15.3 Å². The highest BCUT2D eigenvalue weighted by Crippen LogP contribution is 2.28. The lowest BCUT2D eigenvalue weighted by molar-refractivity contribution is 0.101. The SMILES string of the molecule is CCCN(CCC)C1CC(C)CCC1NCC. The van der Waals surface area contributed by atoms with E-state index in [0.717, 1.165) is 24.5 Å². The Morgan fingerprint density at radius 3 is 2.24 bits per heavy atom. The Balaban J connectivity index is 2.63. The maximum absolute atomic E-state index is 3.71. The smallest absolute Gasteiger partial charge is 0.0251 e. The second-order valence-corrected chi connectivity index (χ2v) is 5.69. The van der Waals surface area contributed by atoms with Crippen molar-refractivity contribution in [1.29, 1.82) is 0 Å². The van der Waals surface area contributed by atoms with Gasteiger partial charge in [0.1, 0.15) is 0 Å². The molecule has 3 unspecified atom stereocenters. The summed E-state index contributed by atoms with van der Waals surface area (Å²) in [6.45, 7) is 12.9. The number of hydrogen-bond donors (Lipinski definition) is 1. The maximum atomic E-state index is 3.71. The molecular formula is C15H32N2. The lowest BCUT2D eigenvalue weighted by atomic mass is 9.82. The molecule has 1 rings (SSSR count). The number of likely N-dealkylation sites (N-methyl/N-ethyl adjacent to an activating group) is 1. The molecule has 0 aliphatic heterocycles. The summed E-state index contributed by atoms with van der Waals surface area (Å²) in [5, 5.41) is 3.71. The summed E-state index contributed by atoms with van der Waals surface area (Å²) in [7, 11) is 0. The van der Waals surface area contributed by atoms with Crippen LogP contribution in [0.15, 0.2) is 0 Å². The van der Waals surface area contributed by atoms with Gasteiger partial charge in [0.15, 0.2) is 0 Å².